The lowest BCUT2D eigenvalue weighted by Crippen LogP contribution is -2.06. The minimum Gasteiger partial charge on any atom is -0.497 e. The molecule has 0 radical (unpaired) electrons. The molecule has 0 bridgehead atoms. The van der Waals surface area contributed by atoms with Gasteiger partial charge in [-0.1, -0.05) is 11.8 Å². The first-order chi connectivity index (χ1) is 14.4. The van der Waals surface area contributed by atoms with E-state index >= 15 is 0 Å². The maximum absolute atomic E-state index is 11.8. The number of rotatable bonds is 6. The highest BCUT2D eigenvalue weighted by Gasteiger charge is 2.07. The van der Waals surface area contributed by atoms with Crippen LogP contribution in [-0.2, 0) is 9.73 Å². The van der Waals surface area contributed by atoms with E-state index in [1.54, 1.807) is 37.6 Å². The first-order valence-corrected chi connectivity index (χ1v) is 11.2. The van der Waals surface area contributed by atoms with Crippen LogP contribution in [0.3, 0.4) is 0 Å². The summed E-state index contributed by atoms with van der Waals surface area (Å²) < 4.78 is 24.6. The Morgan fingerprint density at radius 3 is 2.40 bits per heavy atom. The predicted molar refractivity (Wildman–Crippen MR) is 120 cm³/mol. The van der Waals surface area contributed by atoms with Gasteiger partial charge in [-0.25, -0.2) is 14.0 Å². The first-order valence-electron chi connectivity index (χ1n) is 9.27. The highest BCUT2D eigenvalue weighted by Crippen LogP contribution is 2.19. The van der Waals surface area contributed by atoms with E-state index in [9.17, 15) is 4.21 Å². The zero-order valence-electron chi connectivity index (χ0n) is 17.0. The normalized spacial score (nSPS) is 12.2. The van der Waals surface area contributed by atoms with Gasteiger partial charge < -0.3 is 15.4 Å². The lowest BCUT2D eigenvalue weighted by Gasteiger charge is -2.10. The van der Waals surface area contributed by atoms with Crippen molar-refractivity contribution >= 4 is 27.2 Å². The molecule has 0 amide bonds. The molecule has 0 aliphatic rings. The van der Waals surface area contributed by atoms with E-state index in [4.69, 9.17) is 9.52 Å². The lowest BCUT2D eigenvalue weighted by molar-refractivity contribution is 0.415. The number of methoxy groups -OCH3 is 1. The van der Waals surface area contributed by atoms with E-state index in [1.807, 2.05) is 31.2 Å². The van der Waals surface area contributed by atoms with E-state index in [2.05, 4.69) is 32.4 Å². The van der Waals surface area contributed by atoms with E-state index in [0.717, 1.165) is 17.0 Å². The Kier molecular flexibility index (Phi) is 6.54. The third-order valence-electron chi connectivity index (χ3n) is 4.12. The topological polar surface area (TPSA) is 100.0 Å². The molecule has 1 unspecified atom stereocenters. The average molecular weight is 422 g/mol. The Hall–Kier alpha value is -3.57. The third-order valence-corrected chi connectivity index (χ3v) is 5.30. The summed E-state index contributed by atoms with van der Waals surface area (Å²) in [5.41, 5.74) is 2.29. The fourth-order valence-electron chi connectivity index (χ4n) is 2.58. The van der Waals surface area contributed by atoms with Crippen molar-refractivity contribution in [3.05, 3.63) is 65.9 Å². The molecule has 8 heteroatoms. The molecule has 1 aromatic heterocycles. The van der Waals surface area contributed by atoms with Gasteiger partial charge >= 0.3 is 0 Å². The summed E-state index contributed by atoms with van der Waals surface area (Å²) in [6, 6.07) is 14.3. The van der Waals surface area contributed by atoms with Crippen LogP contribution in [0.4, 0.5) is 17.5 Å². The van der Waals surface area contributed by atoms with Crippen LogP contribution in [-0.4, -0.2) is 34.1 Å². The highest BCUT2D eigenvalue weighted by molar-refractivity contribution is 7.91. The van der Waals surface area contributed by atoms with Gasteiger partial charge in [0.1, 0.15) is 11.6 Å². The van der Waals surface area contributed by atoms with Gasteiger partial charge in [0, 0.05) is 28.9 Å². The second-order valence-corrected chi connectivity index (χ2v) is 8.62. The summed E-state index contributed by atoms with van der Waals surface area (Å²) in [6.07, 6.45) is 3.06. The van der Waals surface area contributed by atoms with Gasteiger partial charge in [-0.3, -0.25) is 0 Å². The molecule has 3 rings (SSSR count). The Bertz CT molecular complexity index is 1180. The molecule has 154 valence electrons. The number of hydrogen-bond acceptors (Lipinski definition) is 7. The molecule has 3 N–H and O–H groups in total. The Morgan fingerprint density at radius 2 is 1.80 bits per heavy atom. The Balaban J connectivity index is 1.82. The van der Waals surface area contributed by atoms with Gasteiger partial charge in [0.2, 0.25) is 5.95 Å². The van der Waals surface area contributed by atoms with E-state index in [0.29, 0.717) is 28.8 Å². The van der Waals surface area contributed by atoms with Gasteiger partial charge in [0.05, 0.1) is 28.6 Å². The smallest absolute Gasteiger partial charge is 0.229 e. The molecular formula is C22H23N5O2S. The van der Waals surface area contributed by atoms with Crippen LogP contribution in [0.1, 0.15) is 18.1 Å². The summed E-state index contributed by atoms with van der Waals surface area (Å²) in [5.74, 6) is 8.05. The van der Waals surface area contributed by atoms with Crippen molar-refractivity contribution in [3.63, 3.8) is 0 Å². The van der Waals surface area contributed by atoms with Gasteiger partial charge in [0.15, 0.2) is 0 Å². The minimum atomic E-state index is -2.74. The summed E-state index contributed by atoms with van der Waals surface area (Å²) in [6.45, 7) is 2.68. The SMILES string of the molecule is CCNc1nc(Nc2ccc(S(C)(=N)=O)cc2)ncc1C#Cc1ccc(OC)cc1. The molecule has 7 nitrogen and oxygen atoms in total. The molecule has 0 saturated heterocycles. The Labute approximate surface area is 176 Å². The van der Waals surface area contributed by atoms with Gasteiger partial charge in [-0.05, 0) is 55.5 Å². The van der Waals surface area contributed by atoms with Crippen LogP contribution in [0.15, 0.2) is 59.6 Å². The van der Waals surface area contributed by atoms with Crippen molar-refractivity contribution in [2.75, 3.05) is 30.5 Å². The van der Waals surface area contributed by atoms with Crippen molar-refractivity contribution in [2.45, 2.75) is 11.8 Å². The molecule has 0 aliphatic carbocycles. The fraction of sp³-hybridized carbons (Fsp3) is 0.182. The number of aromatic nitrogens is 2. The van der Waals surface area contributed by atoms with Gasteiger partial charge in [-0.15, -0.1) is 0 Å². The van der Waals surface area contributed by atoms with Crippen LogP contribution >= 0.6 is 0 Å². The predicted octanol–water partition coefficient (Wildman–Crippen LogP) is 4.10. The van der Waals surface area contributed by atoms with Crippen LogP contribution in [0.5, 0.6) is 5.75 Å². The molecule has 1 heterocycles. The molecular weight excluding hydrogens is 398 g/mol. The van der Waals surface area contributed by atoms with Crippen molar-refractivity contribution in [1.82, 2.24) is 9.97 Å². The minimum absolute atomic E-state index is 0.414. The summed E-state index contributed by atoms with van der Waals surface area (Å²) in [7, 11) is -1.11. The molecule has 2 aromatic carbocycles. The lowest BCUT2D eigenvalue weighted by atomic mass is 10.2. The standard InChI is InChI=1S/C22H23N5O2S/c1-4-24-21-17(8-5-16-6-11-19(29-2)12-7-16)15-25-22(27-21)26-18-9-13-20(14-10-18)30(3,23)28/h6-7,9-15,23H,4H2,1-3H3,(H2,24,25,26,27). The largest absolute Gasteiger partial charge is 0.497 e. The first kappa shape index (κ1) is 21.1. The van der Waals surface area contributed by atoms with Crippen molar-refractivity contribution in [2.24, 2.45) is 0 Å². The average Bonchev–Trinajstić information content (AvgIpc) is 2.73. The third kappa shape index (κ3) is 5.49. The number of benzene rings is 2. The summed E-state index contributed by atoms with van der Waals surface area (Å²) >= 11 is 0. The molecule has 30 heavy (non-hydrogen) atoms. The molecule has 0 fully saturated rings. The van der Waals surface area contributed by atoms with Crippen molar-refractivity contribution in [3.8, 4) is 17.6 Å². The monoisotopic (exact) mass is 421 g/mol. The van der Waals surface area contributed by atoms with Gasteiger partial charge in [0.25, 0.3) is 0 Å². The van der Waals surface area contributed by atoms with E-state index in [1.165, 1.54) is 6.26 Å². The zero-order chi connectivity index (χ0) is 21.6. The number of hydrogen-bond donors (Lipinski definition) is 3. The zero-order valence-corrected chi connectivity index (χ0v) is 17.8. The van der Waals surface area contributed by atoms with E-state index < -0.39 is 9.73 Å². The second kappa shape index (κ2) is 9.29. The number of nitrogens with one attached hydrogen (secondary N) is 3. The van der Waals surface area contributed by atoms with Crippen LogP contribution < -0.4 is 15.4 Å². The summed E-state index contributed by atoms with van der Waals surface area (Å²) in [4.78, 5) is 9.35. The fourth-order valence-corrected chi connectivity index (χ4v) is 3.23. The maximum atomic E-state index is 11.8. The molecule has 3 aromatic rings. The van der Waals surface area contributed by atoms with Crippen LogP contribution in [0.2, 0.25) is 0 Å². The van der Waals surface area contributed by atoms with Crippen LogP contribution in [0.25, 0.3) is 0 Å². The summed E-state index contributed by atoms with van der Waals surface area (Å²) in [5, 5.41) is 6.33. The quantitative estimate of drug-likeness (QED) is 0.518. The van der Waals surface area contributed by atoms with Crippen molar-refractivity contribution in [1.29, 1.82) is 4.78 Å². The Morgan fingerprint density at radius 1 is 1.10 bits per heavy atom. The second-order valence-electron chi connectivity index (χ2n) is 6.46. The van der Waals surface area contributed by atoms with Gasteiger partial charge in [-0.2, -0.15) is 4.98 Å². The molecule has 0 saturated carbocycles. The number of ether oxygens (including phenoxy) is 1. The number of nitrogens with zero attached hydrogens (tertiary/aromatic N) is 2. The van der Waals surface area contributed by atoms with Crippen LogP contribution in [0, 0.1) is 16.6 Å². The molecule has 0 spiro atoms. The highest BCUT2D eigenvalue weighted by atomic mass is 32.2. The molecule has 1 atom stereocenters. The number of anilines is 3. The molecule has 0 aliphatic heterocycles. The van der Waals surface area contributed by atoms with Crippen molar-refractivity contribution < 1.29 is 8.95 Å². The van der Waals surface area contributed by atoms with E-state index in [-0.39, 0.29) is 0 Å². The maximum Gasteiger partial charge on any atom is 0.229 e.